The molecule has 0 saturated heterocycles. The first kappa shape index (κ1) is 19.6. The average Bonchev–Trinajstić information content (AvgIpc) is 2.82. The number of hydrogen-bond acceptors (Lipinski definition) is 5. The molecule has 2 heterocycles. The number of Topliss-reactive ketones (excluding diaryl/α,β-unsaturated/α-hetero) is 1. The molecule has 1 aromatic rings. The predicted octanol–water partition coefficient (Wildman–Crippen LogP) is 5.44. The molecule has 1 unspecified atom stereocenters. The lowest BCUT2D eigenvalue weighted by Gasteiger charge is -2.38. The predicted molar refractivity (Wildman–Crippen MR) is 105 cm³/mol. The lowest BCUT2D eigenvalue weighted by Crippen LogP contribution is -2.39. The number of rotatable bonds is 3. The lowest BCUT2D eigenvalue weighted by molar-refractivity contribution is -0.146. The first-order valence-electron chi connectivity index (χ1n) is 8.57. The van der Waals surface area contributed by atoms with Crippen LogP contribution in [0.3, 0.4) is 0 Å². The number of esters is 1. The number of thiophene rings is 1. The molecule has 0 amide bonds. The molecule has 0 saturated carbocycles. The van der Waals surface area contributed by atoms with Crippen LogP contribution < -0.4 is 0 Å². The maximum Gasteiger partial charge on any atom is 0.315 e. The van der Waals surface area contributed by atoms with Gasteiger partial charge in [0.2, 0.25) is 0 Å². The summed E-state index contributed by atoms with van der Waals surface area (Å²) in [5.41, 5.74) is 1.85. The van der Waals surface area contributed by atoms with Crippen LogP contribution in [-0.2, 0) is 14.3 Å². The Morgan fingerprint density at radius 3 is 2.65 bits per heavy atom. The molecule has 3 rings (SSSR count). The minimum absolute atomic E-state index is 0.0207. The number of ketones is 1. The zero-order valence-electron chi connectivity index (χ0n) is 15.2. The number of nitrogens with zero attached hydrogens (tertiary/aromatic N) is 1. The van der Waals surface area contributed by atoms with Crippen molar-refractivity contribution in [2.75, 3.05) is 6.61 Å². The molecule has 0 spiro atoms. The molecule has 140 valence electrons. The topological polar surface area (TPSA) is 55.7 Å². The van der Waals surface area contributed by atoms with Gasteiger partial charge >= 0.3 is 5.97 Å². The minimum atomic E-state index is -0.661. The third-order valence-electron chi connectivity index (χ3n) is 4.81. The van der Waals surface area contributed by atoms with Crippen molar-refractivity contribution >= 4 is 52.0 Å². The number of aliphatic imine (C=N–C) groups is 1. The highest BCUT2D eigenvalue weighted by atomic mass is 35.5. The molecule has 1 aliphatic carbocycles. The van der Waals surface area contributed by atoms with Gasteiger partial charge in [0.15, 0.2) is 5.78 Å². The molecule has 2 atom stereocenters. The number of carbonyl (C=O) groups excluding carboxylic acids is 2. The van der Waals surface area contributed by atoms with Crippen LogP contribution in [0.4, 0.5) is 0 Å². The highest BCUT2D eigenvalue weighted by molar-refractivity contribution is 7.16. The van der Waals surface area contributed by atoms with Crippen LogP contribution in [0.1, 0.15) is 51.3 Å². The molecular formula is C19H21Cl2NO3S. The summed E-state index contributed by atoms with van der Waals surface area (Å²) in [5.74, 6) is -1.52. The Labute approximate surface area is 167 Å². The summed E-state index contributed by atoms with van der Waals surface area (Å²) < 4.78 is 5.81. The second-order valence-corrected chi connectivity index (χ2v) is 9.65. The Morgan fingerprint density at radius 2 is 2.08 bits per heavy atom. The standard InChI is InChI=1S/C19H21Cl2NO3S/c1-5-25-18(24)14-9(2)22-11-7-19(3,4)8-12(23)15(11)16(14)17-10(20)6-13(21)26-17/h6,14,16H,5,7-8H2,1-4H3/t14?,16-/m1/s1. The van der Waals surface area contributed by atoms with Gasteiger partial charge in [-0.15, -0.1) is 11.3 Å². The largest absolute Gasteiger partial charge is 0.465 e. The van der Waals surface area contributed by atoms with E-state index in [4.69, 9.17) is 27.9 Å². The van der Waals surface area contributed by atoms with E-state index in [-0.39, 0.29) is 23.8 Å². The van der Waals surface area contributed by atoms with Gasteiger partial charge in [-0.25, -0.2) is 0 Å². The van der Waals surface area contributed by atoms with Gasteiger partial charge in [0, 0.05) is 34.2 Å². The maximum absolute atomic E-state index is 13.0. The van der Waals surface area contributed by atoms with E-state index in [1.807, 2.05) is 6.92 Å². The molecular weight excluding hydrogens is 393 g/mol. The Morgan fingerprint density at radius 1 is 1.38 bits per heavy atom. The van der Waals surface area contributed by atoms with Gasteiger partial charge < -0.3 is 4.74 Å². The van der Waals surface area contributed by atoms with Crippen molar-refractivity contribution in [1.82, 2.24) is 0 Å². The molecule has 0 fully saturated rings. The Bertz CT molecular complexity index is 838. The first-order valence-corrected chi connectivity index (χ1v) is 10.1. The fraction of sp³-hybridized carbons (Fsp3) is 0.526. The lowest BCUT2D eigenvalue weighted by atomic mass is 9.68. The first-order chi connectivity index (χ1) is 12.1. The van der Waals surface area contributed by atoms with Crippen molar-refractivity contribution in [2.24, 2.45) is 16.3 Å². The van der Waals surface area contributed by atoms with Gasteiger partial charge in [-0.05, 0) is 31.7 Å². The smallest absolute Gasteiger partial charge is 0.315 e. The van der Waals surface area contributed by atoms with Crippen molar-refractivity contribution < 1.29 is 14.3 Å². The van der Waals surface area contributed by atoms with E-state index in [1.165, 1.54) is 11.3 Å². The third-order valence-corrected chi connectivity index (χ3v) is 6.58. The summed E-state index contributed by atoms with van der Waals surface area (Å²) in [4.78, 5) is 31.1. The van der Waals surface area contributed by atoms with E-state index in [2.05, 4.69) is 18.8 Å². The van der Waals surface area contributed by atoms with Gasteiger partial charge in [0.05, 0.1) is 16.0 Å². The molecule has 4 nitrogen and oxygen atoms in total. The van der Waals surface area contributed by atoms with E-state index >= 15 is 0 Å². The summed E-state index contributed by atoms with van der Waals surface area (Å²) >= 11 is 13.9. The van der Waals surface area contributed by atoms with Gasteiger partial charge in [0.25, 0.3) is 0 Å². The Balaban J connectivity index is 2.20. The molecule has 1 aromatic heterocycles. The van der Waals surface area contributed by atoms with Crippen molar-refractivity contribution in [3.05, 3.63) is 31.6 Å². The van der Waals surface area contributed by atoms with E-state index in [9.17, 15) is 9.59 Å². The summed E-state index contributed by atoms with van der Waals surface area (Å²) in [6.45, 7) is 7.95. The average molecular weight is 414 g/mol. The van der Waals surface area contributed by atoms with E-state index < -0.39 is 11.8 Å². The van der Waals surface area contributed by atoms with Crippen molar-refractivity contribution in [2.45, 2.75) is 46.5 Å². The Kier molecular flexibility index (Phi) is 5.35. The maximum atomic E-state index is 13.0. The number of halogens is 2. The van der Waals surface area contributed by atoms with Crippen LogP contribution in [-0.4, -0.2) is 24.1 Å². The molecule has 0 N–H and O–H groups in total. The van der Waals surface area contributed by atoms with Crippen molar-refractivity contribution in [3.63, 3.8) is 0 Å². The third kappa shape index (κ3) is 3.49. The van der Waals surface area contributed by atoms with Crippen LogP contribution in [0.5, 0.6) is 0 Å². The number of carbonyl (C=O) groups is 2. The zero-order valence-corrected chi connectivity index (χ0v) is 17.5. The van der Waals surface area contributed by atoms with E-state index in [0.717, 1.165) is 10.6 Å². The van der Waals surface area contributed by atoms with Crippen LogP contribution in [0, 0.1) is 11.3 Å². The van der Waals surface area contributed by atoms with Crippen molar-refractivity contribution in [3.8, 4) is 0 Å². The summed E-state index contributed by atoms with van der Waals surface area (Å²) in [6, 6.07) is 1.66. The van der Waals surface area contributed by atoms with Crippen molar-refractivity contribution in [1.29, 1.82) is 0 Å². The highest BCUT2D eigenvalue weighted by Gasteiger charge is 2.47. The number of allylic oxidation sites excluding steroid dienone is 2. The number of hydrogen-bond donors (Lipinski definition) is 0. The molecule has 0 radical (unpaired) electrons. The quantitative estimate of drug-likeness (QED) is 0.620. The summed E-state index contributed by atoms with van der Waals surface area (Å²) in [7, 11) is 0. The molecule has 7 heteroatoms. The van der Waals surface area contributed by atoms with Gasteiger partial charge in [-0.2, -0.15) is 0 Å². The fourth-order valence-corrected chi connectivity index (χ4v) is 5.58. The molecule has 0 bridgehead atoms. The Hall–Kier alpha value is -1.17. The van der Waals surface area contributed by atoms with E-state index in [0.29, 0.717) is 33.5 Å². The molecule has 26 heavy (non-hydrogen) atoms. The number of ether oxygens (including phenoxy) is 1. The zero-order chi connectivity index (χ0) is 19.2. The summed E-state index contributed by atoms with van der Waals surface area (Å²) in [5, 5.41) is 0.471. The molecule has 2 aliphatic rings. The second-order valence-electron chi connectivity index (χ2n) is 7.52. The van der Waals surface area contributed by atoms with Gasteiger partial charge in [0.1, 0.15) is 5.92 Å². The molecule has 0 aromatic carbocycles. The molecule has 1 aliphatic heterocycles. The van der Waals surface area contributed by atoms with Gasteiger partial charge in [-0.3, -0.25) is 14.6 Å². The van der Waals surface area contributed by atoms with Gasteiger partial charge in [-0.1, -0.05) is 37.0 Å². The fourth-order valence-electron chi connectivity index (χ4n) is 3.83. The summed E-state index contributed by atoms with van der Waals surface area (Å²) in [6.07, 6.45) is 1.11. The van der Waals surface area contributed by atoms with Crippen LogP contribution in [0.2, 0.25) is 9.36 Å². The van der Waals surface area contributed by atoms with Crippen LogP contribution >= 0.6 is 34.5 Å². The minimum Gasteiger partial charge on any atom is -0.465 e. The second kappa shape index (κ2) is 7.10. The van der Waals surface area contributed by atoms with E-state index in [1.54, 1.807) is 13.0 Å². The SMILES string of the molecule is CCOC(=O)C1C(C)=NC2=C(C(=O)CC(C)(C)C2)[C@@H]1c1sc(Cl)cc1Cl. The monoisotopic (exact) mass is 413 g/mol. The van der Waals surface area contributed by atoms with Crippen LogP contribution in [0.25, 0.3) is 0 Å². The van der Waals surface area contributed by atoms with Crippen LogP contribution in [0.15, 0.2) is 22.3 Å². The highest BCUT2D eigenvalue weighted by Crippen LogP contribution is 2.51. The normalized spacial score (nSPS) is 25.0.